The van der Waals surface area contributed by atoms with E-state index < -0.39 is 0 Å². The number of rotatable bonds is 2. The number of aromatic nitrogens is 1. The van der Waals surface area contributed by atoms with Gasteiger partial charge in [-0.3, -0.25) is 4.79 Å². The fraction of sp³-hybridized carbons (Fsp3) is 0.625. The number of carbonyl (C=O) groups is 1. The molecule has 1 aromatic heterocycles. The maximum Gasteiger partial charge on any atom is 0.254 e. The molecule has 2 heterocycles. The van der Waals surface area contributed by atoms with Crippen LogP contribution in [0.2, 0.25) is 0 Å². The van der Waals surface area contributed by atoms with Crippen molar-refractivity contribution in [1.82, 2.24) is 9.88 Å². The smallest absolute Gasteiger partial charge is 0.254 e. The Labute approximate surface area is 121 Å². The summed E-state index contributed by atoms with van der Waals surface area (Å²) in [5.74, 6) is 1.33. The Morgan fingerprint density at radius 3 is 2.75 bits per heavy atom. The minimum atomic E-state index is 0.0834. The summed E-state index contributed by atoms with van der Waals surface area (Å²) in [4.78, 5) is 19.0. The van der Waals surface area contributed by atoms with Gasteiger partial charge in [0.1, 0.15) is 5.82 Å². The lowest BCUT2D eigenvalue weighted by molar-refractivity contribution is 0.0551. The van der Waals surface area contributed by atoms with E-state index in [1.807, 2.05) is 11.0 Å². The van der Waals surface area contributed by atoms with Crippen molar-refractivity contribution in [2.24, 2.45) is 5.92 Å². The Balaban J connectivity index is 2.28. The molecule has 4 heteroatoms. The highest BCUT2D eigenvalue weighted by Crippen LogP contribution is 2.25. The molecular formula is C16H25N3O. The molecule has 2 rings (SSSR count). The number of hydrogen-bond donors (Lipinski definition) is 1. The van der Waals surface area contributed by atoms with Crippen LogP contribution in [0, 0.1) is 5.92 Å². The first kappa shape index (κ1) is 14.8. The van der Waals surface area contributed by atoms with E-state index >= 15 is 0 Å². The monoisotopic (exact) mass is 275 g/mol. The van der Waals surface area contributed by atoms with E-state index in [9.17, 15) is 4.79 Å². The first-order valence-corrected chi connectivity index (χ1v) is 7.48. The van der Waals surface area contributed by atoms with Crippen LogP contribution in [0.1, 0.15) is 62.5 Å². The molecule has 2 N–H and O–H groups in total. The van der Waals surface area contributed by atoms with E-state index in [2.05, 4.69) is 32.7 Å². The molecule has 1 aliphatic rings. The van der Waals surface area contributed by atoms with Crippen molar-refractivity contribution >= 4 is 11.7 Å². The summed E-state index contributed by atoms with van der Waals surface area (Å²) < 4.78 is 0. The van der Waals surface area contributed by atoms with Crippen molar-refractivity contribution in [3.05, 3.63) is 23.4 Å². The minimum absolute atomic E-state index is 0.0834. The van der Waals surface area contributed by atoms with Crippen molar-refractivity contribution in [3.63, 3.8) is 0 Å². The van der Waals surface area contributed by atoms with E-state index in [1.54, 1.807) is 6.07 Å². The van der Waals surface area contributed by atoms with Crippen molar-refractivity contribution in [2.45, 2.75) is 52.5 Å². The number of pyridine rings is 1. The molecule has 20 heavy (non-hydrogen) atoms. The molecule has 0 saturated carbocycles. The molecule has 4 nitrogen and oxygen atoms in total. The highest BCUT2D eigenvalue weighted by molar-refractivity contribution is 5.95. The van der Waals surface area contributed by atoms with Crippen LogP contribution in [-0.4, -0.2) is 28.4 Å². The Kier molecular flexibility index (Phi) is 4.31. The Bertz CT molecular complexity index is 498. The Morgan fingerprint density at radius 2 is 2.10 bits per heavy atom. The molecule has 2 unspecified atom stereocenters. The third kappa shape index (κ3) is 2.94. The van der Waals surface area contributed by atoms with Gasteiger partial charge in [-0.1, -0.05) is 20.8 Å². The Morgan fingerprint density at radius 1 is 1.40 bits per heavy atom. The van der Waals surface area contributed by atoms with Crippen molar-refractivity contribution < 1.29 is 4.79 Å². The normalized spacial score (nSPS) is 23.1. The Hall–Kier alpha value is -1.58. The molecule has 2 atom stereocenters. The van der Waals surface area contributed by atoms with Gasteiger partial charge < -0.3 is 10.6 Å². The number of nitrogen functional groups attached to an aromatic ring is 1. The zero-order valence-corrected chi connectivity index (χ0v) is 12.9. The summed E-state index contributed by atoms with van der Waals surface area (Å²) in [6, 6.07) is 3.86. The van der Waals surface area contributed by atoms with Gasteiger partial charge in [-0.2, -0.15) is 0 Å². The van der Waals surface area contributed by atoms with Crippen LogP contribution in [0.15, 0.2) is 12.1 Å². The average molecular weight is 275 g/mol. The molecular weight excluding hydrogens is 250 g/mol. The average Bonchev–Trinajstić information content (AvgIpc) is 2.40. The van der Waals surface area contributed by atoms with Gasteiger partial charge in [0.05, 0.1) is 0 Å². The number of nitrogens with zero attached hydrogens (tertiary/aromatic N) is 2. The molecule has 1 fully saturated rings. The van der Waals surface area contributed by atoms with Crippen molar-refractivity contribution in [2.75, 3.05) is 12.3 Å². The second-order valence-corrected chi connectivity index (χ2v) is 6.22. The number of piperidine rings is 1. The van der Waals surface area contributed by atoms with Gasteiger partial charge in [0, 0.05) is 23.8 Å². The summed E-state index contributed by atoms with van der Waals surface area (Å²) >= 11 is 0. The van der Waals surface area contributed by atoms with Crippen LogP contribution >= 0.6 is 0 Å². The number of carbonyl (C=O) groups excluding carboxylic acids is 1. The van der Waals surface area contributed by atoms with Crippen LogP contribution in [0.25, 0.3) is 0 Å². The first-order chi connectivity index (χ1) is 9.40. The largest absolute Gasteiger partial charge is 0.384 e. The SMILES string of the molecule is CC(C)c1cc(C(=O)N2CCCC(C)C2C)cc(N)n1. The van der Waals surface area contributed by atoms with Crippen molar-refractivity contribution in [1.29, 1.82) is 0 Å². The lowest BCUT2D eigenvalue weighted by Crippen LogP contribution is -2.46. The zero-order valence-electron chi connectivity index (χ0n) is 12.9. The van der Waals surface area contributed by atoms with E-state index in [1.165, 1.54) is 6.42 Å². The van der Waals surface area contributed by atoms with Crippen LogP contribution in [-0.2, 0) is 0 Å². The predicted molar refractivity (Wildman–Crippen MR) is 81.6 cm³/mol. The van der Waals surface area contributed by atoms with E-state index in [4.69, 9.17) is 5.73 Å². The maximum atomic E-state index is 12.7. The quantitative estimate of drug-likeness (QED) is 0.902. The van der Waals surface area contributed by atoms with Crippen LogP contribution in [0.4, 0.5) is 5.82 Å². The lowest BCUT2D eigenvalue weighted by atomic mass is 9.91. The maximum absolute atomic E-state index is 12.7. The fourth-order valence-electron chi connectivity index (χ4n) is 2.78. The van der Waals surface area contributed by atoms with Crippen LogP contribution in [0.3, 0.4) is 0 Å². The highest BCUT2D eigenvalue weighted by atomic mass is 16.2. The van der Waals surface area contributed by atoms with Gasteiger partial charge in [-0.15, -0.1) is 0 Å². The van der Waals surface area contributed by atoms with Crippen molar-refractivity contribution in [3.8, 4) is 0 Å². The van der Waals surface area contributed by atoms with Gasteiger partial charge in [0.15, 0.2) is 0 Å². The van der Waals surface area contributed by atoms with E-state index in [0.29, 0.717) is 17.3 Å². The fourth-order valence-corrected chi connectivity index (χ4v) is 2.78. The lowest BCUT2D eigenvalue weighted by Gasteiger charge is -2.38. The summed E-state index contributed by atoms with van der Waals surface area (Å²) in [5, 5.41) is 0. The predicted octanol–water partition coefficient (Wildman–Crippen LogP) is 3.05. The number of amides is 1. The first-order valence-electron chi connectivity index (χ1n) is 7.48. The molecule has 0 aromatic carbocycles. The molecule has 1 aliphatic heterocycles. The van der Waals surface area contributed by atoms with Gasteiger partial charge in [-0.05, 0) is 43.7 Å². The van der Waals surface area contributed by atoms with Gasteiger partial charge >= 0.3 is 0 Å². The molecule has 0 spiro atoms. The van der Waals surface area contributed by atoms with Crippen LogP contribution < -0.4 is 5.73 Å². The number of hydrogen-bond acceptors (Lipinski definition) is 3. The third-order valence-corrected chi connectivity index (χ3v) is 4.34. The summed E-state index contributed by atoms with van der Waals surface area (Å²) in [6.45, 7) is 9.30. The molecule has 1 aromatic rings. The van der Waals surface area contributed by atoms with E-state index in [0.717, 1.165) is 18.7 Å². The summed E-state index contributed by atoms with van der Waals surface area (Å²) in [6.07, 6.45) is 2.27. The second-order valence-electron chi connectivity index (χ2n) is 6.22. The minimum Gasteiger partial charge on any atom is -0.384 e. The van der Waals surface area contributed by atoms with Gasteiger partial charge in [0.2, 0.25) is 0 Å². The molecule has 0 bridgehead atoms. The van der Waals surface area contributed by atoms with Gasteiger partial charge in [-0.25, -0.2) is 4.98 Å². The zero-order chi connectivity index (χ0) is 14.9. The molecule has 1 amide bonds. The summed E-state index contributed by atoms with van der Waals surface area (Å²) in [7, 11) is 0. The third-order valence-electron chi connectivity index (χ3n) is 4.34. The molecule has 0 aliphatic carbocycles. The standard InChI is InChI=1S/C16H25N3O/c1-10(2)14-8-13(9-15(17)18-14)16(20)19-7-5-6-11(3)12(19)4/h8-12H,5-7H2,1-4H3,(H2,17,18). The molecule has 1 saturated heterocycles. The summed E-state index contributed by atoms with van der Waals surface area (Å²) in [5.41, 5.74) is 7.39. The molecule has 110 valence electrons. The van der Waals surface area contributed by atoms with E-state index in [-0.39, 0.29) is 17.9 Å². The molecule has 0 radical (unpaired) electrons. The topological polar surface area (TPSA) is 59.2 Å². The number of likely N-dealkylation sites (tertiary alicyclic amines) is 1. The number of nitrogens with two attached hydrogens (primary N) is 1. The number of anilines is 1. The highest BCUT2D eigenvalue weighted by Gasteiger charge is 2.29. The second kappa shape index (κ2) is 5.81. The van der Waals surface area contributed by atoms with Gasteiger partial charge in [0.25, 0.3) is 5.91 Å². The van der Waals surface area contributed by atoms with Crippen LogP contribution in [0.5, 0.6) is 0 Å².